The van der Waals surface area contributed by atoms with Gasteiger partial charge in [0.2, 0.25) is 5.91 Å². The van der Waals surface area contributed by atoms with Crippen LogP contribution in [0.2, 0.25) is 0 Å². The van der Waals surface area contributed by atoms with E-state index in [1.54, 1.807) is 0 Å². The summed E-state index contributed by atoms with van der Waals surface area (Å²) in [7, 11) is 0. The summed E-state index contributed by atoms with van der Waals surface area (Å²) in [5.41, 5.74) is 1.20. The zero-order valence-corrected chi connectivity index (χ0v) is 13.6. The van der Waals surface area contributed by atoms with Crippen LogP contribution in [-0.2, 0) is 11.2 Å². The molecule has 1 aromatic rings. The van der Waals surface area contributed by atoms with Gasteiger partial charge in [-0.3, -0.25) is 4.79 Å². The number of carbonyl (C=O) groups excluding carboxylic acids is 1. The highest BCUT2D eigenvalue weighted by Gasteiger charge is 2.20. The molecule has 2 atom stereocenters. The summed E-state index contributed by atoms with van der Waals surface area (Å²) in [6.07, 6.45) is 4.04. The number of rotatable bonds is 6. The monoisotopic (exact) mass is 338 g/mol. The first-order valence-corrected chi connectivity index (χ1v) is 8.24. The molecule has 1 aliphatic heterocycles. The molecule has 0 bridgehead atoms. The Bertz CT molecular complexity index is 444. The van der Waals surface area contributed by atoms with Crippen LogP contribution >= 0.6 is 15.9 Å². The highest BCUT2D eigenvalue weighted by Crippen LogP contribution is 2.21. The lowest BCUT2D eigenvalue weighted by Gasteiger charge is -2.18. The number of hydrogen-bond acceptors (Lipinski definition) is 2. The molecule has 110 valence electrons. The molecule has 1 heterocycles. The normalized spacial score (nSPS) is 19.8. The topological polar surface area (TPSA) is 41.1 Å². The van der Waals surface area contributed by atoms with Gasteiger partial charge in [-0.2, -0.15) is 0 Å². The molecular weight excluding hydrogens is 316 g/mol. The van der Waals surface area contributed by atoms with Crippen LogP contribution in [0.15, 0.2) is 28.7 Å². The van der Waals surface area contributed by atoms with Crippen LogP contribution in [-0.4, -0.2) is 25.0 Å². The highest BCUT2D eigenvalue weighted by atomic mass is 79.9. The van der Waals surface area contributed by atoms with Gasteiger partial charge in [-0.05, 0) is 43.9 Å². The smallest absolute Gasteiger partial charge is 0.223 e. The van der Waals surface area contributed by atoms with Crippen molar-refractivity contribution in [3.8, 4) is 0 Å². The maximum atomic E-state index is 12.3. The second-order valence-electron chi connectivity index (χ2n) is 5.44. The fourth-order valence-electron chi connectivity index (χ4n) is 2.65. The average molecular weight is 339 g/mol. The average Bonchev–Trinajstić information content (AvgIpc) is 2.97. The molecule has 1 saturated heterocycles. The molecule has 0 saturated carbocycles. The van der Waals surface area contributed by atoms with E-state index in [2.05, 4.69) is 39.6 Å². The Morgan fingerprint density at radius 1 is 1.50 bits per heavy atom. The van der Waals surface area contributed by atoms with Crippen molar-refractivity contribution < 1.29 is 4.79 Å². The molecule has 0 radical (unpaired) electrons. The maximum absolute atomic E-state index is 12.3. The van der Waals surface area contributed by atoms with Gasteiger partial charge in [-0.25, -0.2) is 0 Å². The summed E-state index contributed by atoms with van der Waals surface area (Å²) >= 11 is 3.55. The van der Waals surface area contributed by atoms with E-state index >= 15 is 0 Å². The molecule has 2 N–H and O–H groups in total. The third kappa shape index (κ3) is 4.32. The minimum atomic E-state index is 0.0510. The van der Waals surface area contributed by atoms with Crippen LogP contribution in [0.5, 0.6) is 0 Å². The Balaban J connectivity index is 1.87. The molecule has 0 spiro atoms. The number of amides is 1. The molecule has 1 aromatic carbocycles. The molecule has 2 rings (SSSR count). The van der Waals surface area contributed by atoms with E-state index in [4.69, 9.17) is 0 Å². The first kappa shape index (κ1) is 15.5. The zero-order valence-electron chi connectivity index (χ0n) is 12.0. The van der Waals surface area contributed by atoms with Crippen molar-refractivity contribution in [3.63, 3.8) is 0 Å². The Labute approximate surface area is 129 Å². The molecule has 2 unspecified atom stereocenters. The van der Waals surface area contributed by atoms with Gasteiger partial charge >= 0.3 is 0 Å². The van der Waals surface area contributed by atoms with Crippen LogP contribution in [0.1, 0.15) is 31.7 Å². The molecule has 0 aromatic heterocycles. The lowest BCUT2D eigenvalue weighted by Crippen LogP contribution is -2.40. The summed E-state index contributed by atoms with van der Waals surface area (Å²) < 4.78 is 1.09. The Kier molecular flexibility index (Phi) is 6.05. The van der Waals surface area contributed by atoms with Crippen molar-refractivity contribution in [1.29, 1.82) is 0 Å². The van der Waals surface area contributed by atoms with Crippen molar-refractivity contribution in [2.24, 2.45) is 5.92 Å². The number of halogens is 1. The van der Waals surface area contributed by atoms with Crippen LogP contribution < -0.4 is 10.6 Å². The van der Waals surface area contributed by atoms with Gasteiger partial charge in [-0.15, -0.1) is 0 Å². The zero-order chi connectivity index (χ0) is 14.4. The minimum absolute atomic E-state index is 0.0510. The highest BCUT2D eigenvalue weighted by molar-refractivity contribution is 9.10. The third-order valence-electron chi connectivity index (χ3n) is 3.97. The fourth-order valence-corrected chi connectivity index (χ4v) is 3.10. The summed E-state index contributed by atoms with van der Waals surface area (Å²) in [5, 5.41) is 6.50. The summed E-state index contributed by atoms with van der Waals surface area (Å²) in [4.78, 5) is 12.3. The van der Waals surface area contributed by atoms with Gasteiger partial charge in [0.25, 0.3) is 0 Å². The van der Waals surface area contributed by atoms with E-state index in [-0.39, 0.29) is 11.8 Å². The third-order valence-corrected chi connectivity index (χ3v) is 4.75. The summed E-state index contributed by atoms with van der Waals surface area (Å²) in [5.74, 6) is 0.229. The fraction of sp³-hybridized carbons (Fsp3) is 0.562. The lowest BCUT2D eigenvalue weighted by atomic mass is 9.96. The standard InChI is InChI=1S/C16H23BrN2O/c1-2-12(10-13-6-3-4-8-15(13)17)16(20)19-11-14-7-5-9-18-14/h3-4,6,8,12,14,18H,2,5,7,9-11H2,1H3,(H,19,20). The van der Waals surface area contributed by atoms with Gasteiger partial charge in [0.15, 0.2) is 0 Å². The molecule has 20 heavy (non-hydrogen) atoms. The molecule has 1 amide bonds. The molecule has 4 heteroatoms. The van der Waals surface area contributed by atoms with Gasteiger partial charge in [0.05, 0.1) is 0 Å². The molecule has 1 aliphatic rings. The second kappa shape index (κ2) is 7.79. The van der Waals surface area contributed by atoms with E-state index in [0.717, 1.165) is 30.4 Å². The van der Waals surface area contributed by atoms with Crippen molar-refractivity contribution in [3.05, 3.63) is 34.3 Å². The minimum Gasteiger partial charge on any atom is -0.354 e. The Morgan fingerprint density at radius 3 is 2.95 bits per heavy atom. The predicted molar refractivity (Wildman–Crippen MR) is 85.7 cm³/mol. The molecule has 0 aliphatic carbocycles. The largest absolute Gasteiger partial charge is 0.354 e. The SMILES string of the molecule is CCC(Cc1ccccc1Br)C(=O)NCC1CCCN1. The van der Waals surface area contributed by atoms with Crippen molar-refractivity contribution >= 4 is 21.8 Å². The van der Waals surface area contributed by atoms with Crippen molar-refractivity contribution in [1.82, 2.24) is 10.6 Å². The van der Waals surface area contributed by atoms with Crippen molar-refractivity contribution in [2.45, 2.75) is 38.6 Å². The number of hydrogen-bond donors (Lipinski definition) is 2. The van der Waals surface area contributed by atoms with Crippen LogP contribution in [0.4, 0.5) is 0 Å². The summed E-state index contributed by atoms with van der Waals surface area (Å²) in [6.45, 7) is 3.91. The van der Waals surface area contributed by atoms with Gasteiger partial charge < -0.3 is 10.6 Å². The van der Waals surface area contributed by atoms with E-state index in [1.807, 2.05) is 18.2 Å². The van der Waals surface area contributed by atoms with Gasteiger partial charge in [-0.1, -0.05) is 41.1 Å². The number of benzene rings is 1. The van der Waals surface area contributed by atoms with E-state index in [1.165, 1.54) is 18.4 Å². The first-order chi connectivity index (χ1) is 9.70. The Hall–Kier alpha value is -0.870. The number of carbonyl (C=O) groups is 1. The Morgan fingerprint density at radius 2 is 2.30 bits per heavy atom. The quantitative estimate of drug-likeness (QED) is 0.837. The molecule has 1 fully saturated rings. The summed E-state index contributed by atoms with van der Waals surface area (Å²) in [6, 6.07) is 8.59. The molecular formula is C16H23BrN2O. The second-order valence-corrected chi connectivity index (χ2v) is 6.29. The maximum Gasteiger partial charge on any atom is 0.223 e. The van der Waals surface area contributed by atoms with E-state index in [9.17, 15) is 4.79 Å². The van der Waals surface area contributed by atoms with Crippen molar-refractivity contribution in [2.75, 3.05) is 13.1 Å². The number of nitrogens with one attached hydrogen (secondary N) is 2. The van der Waals surface area contributed by atoms with Gasteiger partial charge in [0.1, 0.15) is 0 Å². The van der Waals surface area contributed by atoms with Crippen LogP contribution in [0.25, 0.3) is 0 Å². The van der Waals surface area contributed by atoms with Gasteiger partial charge in [0, 0.05) is 23.0 Å². The molecule has 3 nitrogen and oxygen atoms in total. The predicted octanol–water partition coefficient (Wildman–Crippen LogP) is 2.89. The van der Waals surface area contributed by atoms with E-state index < -0.39 is 0 Å². The van der Waals surface area contributed by atoms with Crippen LogP contribution in [0.3, 0.4) is 0 Å². The van der Waals surface area contributed by atoms with E-state index in [0.29, 0.717) is 6.04 Å². The first-order valence-electron chi connectivity index (χ1n) is 7.45. The lowest BCUT2D eigenvalue weighted by molar-refractivity contribution is -0.125. The van der Waals surface area contributed by atoms with Crippen LogP contribution in [0, 0.1) is 5.92 Å².